The van der Waals surface area contributed by atoms with E-state index in [0.29, 0.717) is 12.3 Å². The number of hydrogen-bond acceptors (Lipinski definition) is 2. The van der Waals surface area contributed by atoms with Crippen molar-refractivity contribution in [1.82, 2.24) is 5.32 Å². The summed E-state index contributed by atoms with van der Waals surface area (Å²) in [7, 11) is 0. The van der Waals surface area contributed by atoms with E-state index in [4.69, 9.17) is 4.74 Å². The first kappa shape index (κ1) is 13.9. The van der Waals surface area contributed by atoms with Crippen molar-refractivity contribution in [2.24, 2.45) is 11.8 Å². The number of nitrogens with one attached hydrogen (secondary N) is 1. The number of ether oxygens (including phenoxy) is 1. The third-order valence-corrected chi connectivity index (χ3v) is 3.82. The quantitative estimate of drug-likeness (QED) is 0.890. The summed E-state index contributed by atoms with van der Waals surface area (Å²) in [5.41, 5.74) is 0. The number of amides is 1. The Morgan fingerprint density at radius 2 is 2.11 bits per heavy atom. The molecule has 0 spiro atoms. The minimum atomic E-state index is -0.352. The van der Waals surface area contributed by atoms with E-state index in [1.807, 2.05) is 18.2 Å². The van der Waals surface area contributed by atoms with Crippen LogP contribution in [0.4, 0.5) is 4.79 Å². The molecule has 1 N–H and O–H groups in total. The molecule has 1 aromatic rings. The molecule has 1 amide bonds. The van der Waals surface area contributed by atoms with Crippen LogP contribution in [0.1, 0.15) is 39.0 Å². The maximum atomic E-state index is 11.6. The second-order valence-corrected chi connectivity index (χ2v) is 5.56. The maximum absolute atomic E-state index is 11.6. The second-order valence-electron chi connectivity index (χ2n) is 5.56. The predicted octanol–water partition coefficient (Wildman–Crippen LogP) is 3.99. The van der Waals surface area contributed by atoms with E-state index in [0.717, 1.165) is 18.3 Å². The second kappa shape index (κ2) is 7.17. The fourth-order valence-corrected chi connectivity index (χ4v) is 2.83. The lowest BCUT2D eigenvalue weighted by atomic mass is 9.81. The first-order chi connectivity index (χ1) is 9.24. The van der Waals surface area contributed by atoms with Crippen LogP contribution in [-0.4, -0.2) is 12.6 Å². The van der Waals surface area contributed by atoms with Crippen LogP contribution in [-0.2, 0) is 0 Å². The number of carbonyl (C=O) groups excluding carboxylic acids is 1. The highest BCUT2D eigenvalue weighted by Crippen LogP contribution is 2.30. The number of para-hydroxylation sites is 1. The van der Waals surface area contributed by atoms with Gasteiger partial charge >= 0.3 is 6.09 Å². The highest BCUT2D eigenvalue weighted by Gasteiger charge is 2.18. The van der Waals surface area contributed by atoms with Gasteiger partial charge in [0.15, 0.2) is 0 Å². The van der Waals surface area contributed by atoms with E-state index >= 15 is 0 Å². The standard InChI is InChI=1S/C16H23NO2/c1-13-6-5-7-14(12-13)10-11-17-16(18)19-15-8-3-2-4-9-15/h2-4,8-9,13-14H,5-7,10-12H2,1H3,(H,17,18). The first-order valence-corrected chi connectivity index (χ1v) is 7.25. The predicted molar refractivity (Wildman–Crippen MR) is 76.2 cm³/mol. The summed E-state index contributed by atoms with van der Waals surface area (Å²) in [5, 5.41) is 2.83. The average molecular weight is 261 g/mol. The van der Waals surface area contributed by atoms with Crippen LogP contribution >= 0.6 is 0 Å². The van der Waals surface area contributed by atoms with Gasteiger partial charge in [0.25, 0.3) is 0 Å². The van der Waals surface area contributed by atoms with E-state index in [1.54, 1.807) is 12.1 Å². The van der Waals surface area contributed by atoms with Crippen LogP contribution in [0, 0.1) is 11.8 Å². The van der Waals surface area contributed by atoms with Crippen molar-refractivity contribution >= 4 is 6.09 Å². The molecule has 1 fully saturated rings. The number of carbonyl (C=O) groups is 1. The van der Waals surface area contributed by atoms with Crippen molar-refractivity contribution in [3.63, 3.8) is 0 Å². The monoisotopic (exact) mass is 261 g/mol. The molecule has 1 aromatic carbocycles. The largest absolute Gasteiger partial charge is 0.412 e. The normalized spacial score (nSPS) is 22.8. The van der Waals surface area contributed by atoms with Gasteiger partial charge < -0.3 is 10.1 Å². The Hall–Kier alpha value is -1.51. The molecule has 3 nitrogen and oxygen atoms in total. The van der Waals surface area contributed by atoms with Gasteiger partial charge in [-0.05, 0) is 36.8 Å². The van der Waals surface area contributed by atoms with Crippen molar-refractivity contribution in [3.05, 3.63) is 30.3 Å². The Morgan fingerprint density at radius 1 is 1.32 bits per heavy atom. The van der Waals surface area contributed by atoms with Crippen molar-refractivity contribution < 1.29 is 9.53 Å². The van der Waals surface area contributed by atoms with Gasteiger partial charge in [0.2, 0.25) is 0 Å². The van der Waals surface area contributed by atoms with E-state index in [1.165, 1.54) is 25.7 Å². The zero-order valence-corrected chi connectivity index (χ0v) is 11.6. The van der Waals surface area contributed by atoms with E-state index in [9.17, 15) is 4.79 Å². The van der Waals surface area contributed by atoms with Gasteiger partial charge in [-0.15, -0.1) is 0 Å². The zero-order chi connectivity index (χ0) is 13.5. The highest BCUT2D eigenvalue weighted by molar-refractivity contribution is 5.70. The minimum Gasteiger partial charge on any atom is -0.410 e. The fourth-order valence-electron chi connectivity index (χ4n) is 2.83. The van der Waals surface area contributed by atoms with Gasteiger partial charge in [-0.25, -0.2) is 4.79 Å². The summed E-state index contributed by atoms with van der Waals surface area (Å²) in [6, 6.07) is 9.16. The first-order valence-electron chi connectivity index (χ1n) is 7.25. The average Bonchev–Trinajstić information content (AvgIpc) is 2.40. The van der Waals surface area contributed by atoms with Crippen molar-refractivity contribution in [2.45, 2.75) is 39.0 Å². The molecular formula is C16H23NO2. The fraction of sp³-hybridized carbons (Fsp3) is 0.562. The molecule has 0 saturated heterocycles. The number of rotatable bonds is 4. The van der Waals surface area contributed by atoms with Gasteiger partial charge in [-0.3, -0.25) is 0 Å². The Labute approximate surface area is 115 Å². The summed E-state index contributed by atoms with van der Waals surface area (Å²) in [5.74, 6) is 2.20. The molecule has 1 aliphatic rings. The van der Waals surface area contributed by atoms with Crippen LogP contribution in [0.3, 0.4) is 0 Å². The van der Waals surface area contributed by atoms with Crippen LogP contribution in [0.25, 0.3) is 0 Å². The zero-order valence-electron chi connectivity index (χ0n) is 11.6. The molecule has 2 rings (SSSR count). The van der Waals surface area contributed by atoms with Crippen LogP contribution in [0.5, 0.6) is 5.75 Å². The van der Waals surface area contributed by atoms with Gasteiger partial charge in [-0.1, -0.05) is 44.4 Å². The maximum Gasteiger partial charge on any atom is 0.412 e. The van der Waals surface area contributed by atoms with Gasteiger partial charge in [0.1, 0.15) is 5.75 Å². The van der Waals surface area contributed by atoms with Gasteiger partial charge in [-0.2, -0.15) is 0 Å². The topological polar surface area (TPSA) is 38.3 Å². The molecule has 0 bridgehead atoms. The lowest BCUT2D eigenvalue weighted by Crippen LogP contribution is -2.29. The molecule has 2 atom stereocenters. The van der Waals surface area contributed by atoms with Gasteiger partial charge in [0, 0.05) is 6.54 Å². The third kappa shape index (κ3) is 4.93. The molecule has 1 saturated carbocycles. The van der Waals surface area contributed by atoms with Gasteiger partial charge in [0.05, 0.1) is 0 Å². The van der Waals surface area contributed by atoms with E-state index < -0.39 is 0 Å². The summed E-state index contributed by atoms with van der Waals surface area (Å²) >= 11 is 0. The number of hydrogen-bond donors (Lipinski definition) is 1. The van der Waals surface area contributed by atoms with Crippen molar-refractivity contribution in [1.29, 1.82) is 0 Å². The van der Waals surface area contributed by atoms with Crippen molar-refractivity contribution in [2.75, 3.05) is 6.54 Å². The molecule has 0 aliphatic heterocycles. The lowest BCUT2D eigenvalue weighted by molar-refractivity contribution is 0.197. The lowest BCUT2D eigenvalue weighted by Gasteiger charge is -2.26. The molecular weight excluding hydrogens is 238 g/mol. The highest BCUT2D eigenvalue weighted by atomic mass is 16.5. The molecule has 19 heavy (non-hydrogen) atoms. The molecule has 3 heteroatoms. The van der Waals surface area contributed by atoms with Crippen LogP contribution < -0.4 is 10.1 Å². The smallest absolute Gasteiger partial charge is 0.410 e. The number of benzene rings is 1. The Morgan fingerprint density at radius 3 is 2.84 bits per heavy atom. The van der Waals surface area contributed by atoms with E-state index in [-0.39, 0.29) is 6.09 Å². The minimum absolute atomic E-state index is 0.352. The molecule has 0 aromatic heterocycles. The molecule has 1 aliphatic carbocycles. The van der Waals surface area contributed by atoms with E-state index in [2.05, 4.69) is 12.2 Å². The SMILES string of the molecule is CC1CCCC(CCNC(=O)Oc2ccccc2)C1. The molecule has 0 heterocycles. The Balaban J connectivity index is 1.64. The molecule has 2 unspecified atom stereocenters. The van der Waals surface area contributed by atoms with Crippen molar-refractivity contribution in [3.8, 4) is 5.75 Å². The van der Waals surface area contributed by atoms with Crippen LogP contribution in [0.2, 0.25) is 0 Å². The third-order valence-electron chi connectivity index (χ3n) is 3.82. The molecule has 0 radical (unpaired) electrons. The van der Waals surface area contributed by atoms with Crippen LogP contribution in [0.15, 0.2) is 30.3 Å². The summed E-state index contributed by atoms with van der Waals surface area (Å²) < 4.78 is 5.17. The summed E-state index contributed by atoms with van der Waals surface area (Å²) in [6.45, 7) is 3.03. The summed E-state index contributed by atoms with van der Waals surface area (Å²) in [4.78, 5) is 11.6. The Bertz CT molecular complexity index is 391. The Kier molecular flexibility index (Phi) is 5.25. The summed E-state index contributed by atoms with van der Waals surface area (Å²) in [6.07, 6.45) is 6.01. The molecule has 104 valence electrons.